The van der Waals surface area contributed by atoms with Gasteiger partial charge in [0.2, 0.25) is 5.91 Å². The van der Waals surface area contributed by atoms with E-state index in [0.29, 0.717) is 27.7 Å². The van der Waals surface area contributed by atoms with Crippen LogP contribution in [0.3, 0.4) is 0 Å². The van der Waals surface area contributed by atoms with Crippen LogP contribution in [0.1, 0.15) is 39.0 Å². The zero-order valence-corrected chi connectivity index (χ0v) is 19.4. The molecule has 1 amide bonds. The molecule has 10 heteroatoms. The van der Waals surface area contributed by atoms with E-state index in [1.54, 1.807) is 43.3 Å². The van der Waals surface area contributed by atoms with Crippen molar-refractivity contribution in [1.29, 1.82) is 0 Å². The summed E-state index contributed by atoms with van der Waals surface area (Å²) >= 11 is 7.16. The van der Waals surface area contributed by atoms with Crippen LogP contribution in [0.2, 0.25) is 5.02 Å². The van der Waals surface area contributed by atoms with Crippen molar-refractivity contribution in [3.63, 3.8) is 0 Å². The number of carbonyl (C=O) groups excluding carboxylic acids is 2. The van der Waals surface area contributed by atoms with Crippen molar-refractivity contribution in [3.05, 3.63) is 91.8 Å². The fourth-order valence-corrected chi connectivity index (χ4v) is 4.64. The Kier molecular flexibility index (Phi) is 6.58. The second kappa shape index (κ2) is 9.58. The molecule has 2 aromatic heterocycles. The minimum atomic E-state index is -1.24. The van der Waals surface area contributed by atoms with Gasteiger partial charge in [-0.05, 0) is 18.2 Å². The Balaban J connectivity index is 1.68. The molecule has 8 nitrogen and oxygen atoms in total. The molecule has 0 aliphatic carbocycles. The third kappa shape index (κ3) is 4.48. The van der Waals surface area contributed by atoms with Crippen LogP contribution in [0.15, 0.2) is 58.7 Å². The summed E-state index contributed by atoms with van der Waals surface area (Å²) < 4.78 is 1.16. The van der Waals surface area contributed by atoms with Crippen molar-refractivity contribution in [2.24, 2.45) is 0 Å². The number of benzene rings is 2. The molecule has 2 aromatic carbocycles. The number of rotatable bonds is 7. The summed E-state index contributed by atoms with van der Waals surface area (Å²) in [6.07, 6.45) is 0.359. The molecule has 0 aliphatic heterocycles. The Morgan fingerprint density at radius 1 is 1.12 bits per heavy atom. The number of aromatic carboxylic acids is 1. The quantitative estimate of drug-likeness (QED) is 0.370. The van der Waals surface area contributed by atoms with E-state index in [0.717, 1.165) is 15.9 Å². The van der Waals surface area contributed by atoms with Crippen LogP contribution in [0.25, 0.3) is 10.2 Å². The van der Waals surface area contributed by atoms with Gasteiger partial charge in [-0.15, -0.1) is 11.3 Å². The summed E-state index contributed by atoms with van der Waals surface area (Å²) in [5, 5.41) is 13.7. The maximum absolute atomic E-state index is 13.1. The molecule has 0 saturated heterocycles. The van der Waals surface area contributed by atoms with Gasteiger partial charge in [-0.3, -0.25) is 19.0 Å². The summed E-state index contributed by atoms with van der Waals surface area (Å²) in [6.45, 7) is 1.38. The predicted molar refractivity (Wildman–Crippen MR) is 130 cm³/mol. The summed E-state index contributed by atoms with van der Waals surface area (Å²) in [7, 11) is 0. The highest BCUT2D eigenvalue weighted by atomic mass is 35.5. The number of nitrogens with one attached hydrogen (secondary N) is 1. The molecule has 2 heterocycles. The fourth-order valence-electron chi connectivity index (χ4n) is 3.55. The molecule has 0 bridgehead atoms. The van der Waals surface area contributed by atoms with Crippen molar-refractivity contribution in [3.8, 4) is 0 Å². The van der Waals surface area contributed by atoms with Gasteiger partial charge >= 0.3 is 5.97 Å². The fraction of sp³-hybridized carbons (Fsp3) is 0.125. The maximum atomic E-state index is 13.1. The Bertz CT molecular complexity index is 1490. The van der Waals surface area contributed by atoms with Gasteiger partial charge in [-0.1, -0.05) is 48.9 Å². The molecule has 4 rings (SSSR count). The summed E-state index contributed by atoms with van der Waals surface area (Å²) in [5.41, 5.74) is 0.119. The van der Waals surface area contributed by atoms with Gasteiger partial charge < -0.3 is 10.4 Å². The van der Waals surface area contributed by atoms with Crippen molar-refractivity contribution in [2.75, 3.05) is 5.32 Å². The van der Waals surface area contributed by atoms with Crippen molar-refractivity contribution in [2.45, 2.75) is 19.9 Å². The molecular weight excluding hydrogens is 478 g/mol. The van der Waals surface area contributed by atoms with E-state index in [1.807, 2.05) is 0 Å². The highest BCUT2D eigenvalue weighted by Gasteiger charge is 2.21. The summed E-state index contributed by atoms with van der Waals surface area (Å²) in [5.74, 6) is -1.79. The number of carbonyl (C=O) groups is 3. The lowest BCUT2D eigenvalue weighted by atomic mass is 10.0. The number of ketones is 1. The lowest BCUT2D eigenvalue weighted by molar-refractivity contribution is -0.116. The normalized spacial score (nSPS) is 10.9. The van der Waals surface area contributed by atoms with Crippen LogP contribution in [0, 0.1) is 0 Å². The van der Waals surface area contributed by atoms with E-state index in [1.165, 1.54) is 17.5 Å². The number of aromatic nitrogens is 2. The van der Waals surface area contributed by atoms with E-state index in [4.69, 9.17) is 11.6 Å². The van der Waals surface area contributed by atoms with Crippen molar-refractivity contribution < 1.29 is 19.5 Å². The molecule has 172 valence electrons. The smallest absolute Gasteiger partial charge is 0.337 e. The molecule has 0 aliphatic rings. The largest absolute Gasteiger partial charge is 0.478 e. The first-order chi connectivity index (χ1) is 16.3. The minimum absolute atomic E-state index is 0.0334. The number of hydrogen-bond acceptors (Lipinski definition) is 6. The number of hydrogen-bond donors (Lipinski definition) is 2. The van der Waals surface area contributed by atoms with Gasteiger partial charge in [-0.2, -0.15) is 0 Å². The third-order valence-corrected chi connectivity index (χ3v) is 6.26. The predicted octanol–water partition coefficient (Wildman–Crippen LogP) is 4.24. The molecule has 0 radical (unpaired) electrons. The second-order valence-corrected chi connectivity index (χ2v) is 8.64. The van der Waals surface area contributed by atoms with Crippen LogP contribution in [-0.4, -0.2) is 32.3 Å². The molecular formula is C24H18ClN3O5S. The van der Waals surface area contributed by atoms with Crippen LogP contribution in [0.5, 0.6) is 0 Å². The number of carboxylic acids is 1. The molecule has 0 fully saturated rings. The first-order valence-corrected chi connectivity index (χ1v) is 11.5. The Morgan fingerprint density at radius 2 is 1.85 bits per heavy atom. The number of amides is 1. The molecule has 0 unspecified atom stereocenters. The number of aryl methyl sites for hydroxylation is 1. The van der Waals surface area contributed by atoms with Gasteiger partial charge in [0.1, 0.15) is 17.2 Å². The van der Waals surface area contributed by atoms with Crippen LogP contribution < -0.4 is 10.9 Å². The lowest BCUT2D eigenvalue weighted by Gasteiger charge is -2.14. The van der Waals surface area contributed by atoms with Gasteiger partial charge in [0.15, 0.2) is 5.78 Å². The first-order valence-electron chi connectivity index (χ1n) is 10.2. The Hall–Kier alpha value is -3.82. The molecule has 0 spiro atoms. The van der Waals surface area contributed by atoms with Crippen LogP contribution in [0.4, 0.5) is 5.69 Å². The SMILES string of the molecule is CCc1nc2scc(C(=O)O)c2c(=O)n1CC(=O)Nc1ccc(Cl)cc1C(=O)c1ccccc1. The van der Waals surface area contributed by atoms with Crippen molar-refractivity contribution >= 4 is 56.5 Å². The lowest BCUT2D eigenvalue weighted by Crippen LogP contribution is -2.31. The van der Waals surface area contributed by atoms with E-state index < -0.39 is 24.0 Å². The number of anilines is 1. The van der Waals surface area contributed by atoms with E-state index in [-0.39, 0.29) is 28.0 Å². The zero-order chi connectivity index (χ0) is 24.4. The highest BCUT2D eigenvalue weighted by Crippen LogP contribution is 2.25. The van der Waals surface area contributed by atoms with E-state index >= 15 is 0 Å². The summed E-state index contributed by atoms with van der Waals surface area (Å²) in [4.78, 5) is 55.2. The van der Waals surface area contributed by atoms with E-state index in [9.17, 15) is 24.3 Å². The third-order valence-electron chi connectivity index (χ3n) is 5.16. The van der Waals surface area contributed by atoms with E-state index in [2.05, 4.69) is 10.3 Å². The highest BCUT2D eigenvalue weighted by molar-refractivity contribution is 7.17. The standard InChI is InChI=1S/C24H18ClN3O5S/c1-2-18-27-22-20(16(12-34-22)24(32)33)23(31)28(18)11-19(29)26-17-9-8-14(25)10-15(17)21(30)13-6-4-3-5-7-13/h3-10,12H,2,11H2,1H3,(H,26,29)(H,32,33). The Labute approximate surface area is 202 Å². The number of nitrogens with zero attached hydrogens (tertiary/aromatic N) is 2. The number of halogens is 1. The molecule has 34 heavy (non-hydrogen) atoms. The monoisotopic (exact) mass is 495 g/mol. The van der Waals surface area contributed by atoms with Crippen LogP contribution in [-0.2, 0) is 17.8 Å². The topological polar surface area (TPSA) is 118 Å². The van der Waals surface area contributed by atoms with Gasteiger partial charge in [0.25, 0.3) is 5.56 Å². The van der Waals surface area contributed by atoms with Gasteiger partial charge in [-0.25, -0.2) is 9.78 Å². The van der Waals surface area contributed by atoms with Crippen molar-refractivity contribution in [1.82, 2.24) is 9.55 Å². The van der Waals surface area contributed by atoms with Gasteiger partial charge in [0, 0.05) is 28.0 Å². The molecule has 4 aromatic rings. The number of carboxylic acid groups (broad SMARTS) is 1. The number of fused-ring (bicyclic) bond motifs is 1. The first kappa shape index (κ1) is 23.3. The average Bonchev–Trinajstić information content (AvgIpc) is 3.26. The number of thiophene rings is 1. The van der Waals surface area contributed by atoms with Crippen LogP contribution >= 0.6 is 22.9 Å². The second-order valence-electron chi connectivity index (χ2n) is 7.34. The molecule has 0 atom stereocenters. The molecule has 0 saturated carbocycles. The molecule has 2 N–H and O–H groups in total. The maximum Gasteiger partial charge on any atom is 0.337 e. The average molecular weight is 496 g/mol. The van der Waals surface area contributed by atoms with Gasteiger partial charge in [0.05, 0.1) is 16.6 Å². The minimum Gasteiger partial charge on any atom is -0.478 e. The summed E-state index contributed by atoms with van der Waals surface area (Å²) in [6, 6.07) is 13.1. The zero-order valence-electron chi connectivity index (χ0n) is 17.9. The Morgan fingerprint density at radius 3 is 2.53 bits per heavy atom.